The third kappa shape index (κ3) is 3.28. The predicted octanol–water partition coefficient (Wildman–Crippen LogP) is 0.0701. The number of aryl methyl sites for hydroxylation is 1. The predicted molar refractivity (Wildman–Crippen MR) is 92.8 cm³/mol. The molecule has 3 aliphatic heterocycles. The van der Waals surface area contributed by atoms with Crippen molar-refractivity contribution in [2.24, 2.45) is 7.05 Å². The third-order valence-corrected chi connectivity index (χ3v) is 5.25. The Bertz CT molecular complexity index is 686. The second-order valence-corrected chi connectivity index (χ2v) is 7.27. The first-order chi connectivity index (χ1) is 12.6. The van der Waals surface area contributed by atoms with E-state index in [4.69, 9.17) is 9.47 Å². The van der Waals surface area contributed by atoms with Crippen molar-refractivity contribution in [3.8, 4) is 0 Å². The van der Waals surface area contributed by atoms with Crippen LogP contribution in [0.4, 0.5) is 10.5 Å². The Hall–Kier alpha value is -2.13. The number of urea groups is 1. The van der Waals surface area contributed by atoms with Gasteiger partial charge in [-0.25, -0.2) is 4.79 Å². The number of hydrogen-bond acceptors (Lipinski definition) is 5. The highest BCUT2D eigenvalue weighted by molar-refractivity contribution is 5.95. The van der Waals surface area contributed by atoms with E-state index in [0.29, 0.717) is 32.8 Å². The quantitative estimate of drug-likeness (QED) is 0.705. The molecule has 0 aliphatic carbocycles. The van der Waals surface area contributed by atoms with Crippen LogP contribution in [-0.4, -0.2) is 89.7 Å². The number of morpholine rings is 1. The number of aromatic nitrogens is 2. The fourth-order valence-electron chi connectivity index (χ4n) is 3.86. The SMILES string of the molecule is Cn1cc(N2CC3(COCCN(C(=O)N4CCCC4)C3)OCC2=O)cn1. The Morgan fingerprint density at radius 3 is 2.73 bits per heavy atom. The van der Waals surface area contributed by atoms with Crippen LogP contribution in [-0.2, 0) is 21.3 Å². The van der Waals surface area contributed by atoms with E-state index in [1.165, 1.54) is 0 Å². The Labute approximate surface area is 152 Å². The summed E-state index contributed by atoms with van der Waals surface area (Å²) in [4.78, 5) is 30.6. The first-order valence-corrected chi connectivity index (χ1v) is 9.11. The highest BCUT2D eigenvalue weighted by atomic mass is 16.6. The van der Waals surface area contributed by atoms with Crippen molar-refractivity contribution in [2.75, 3.05) is 57.4 Å². The minimum absolute atomic E-state index is 0.0238. The van der Waals surface area contributed by atoms with E-state index >= 15 is 0 Å². The van der Waals surface area contributed by atoms with Crippen molar-refractivity contribution in [1.29, 1.82) is 0 Å². The Morgan fingerprint density at radius 2 is 2.00 bits per heavy atom. The van der Waals surface area contributed by atoms with Crippen molar-refractivity contribution >= 4 is 17.6 Å². The molecule has 1 aromatic heterocycles. The molecule has 0 bridgehead atoms. The van der Waals surface area contributed by atoms with Crippen molar-refractivity contribution in [2.45, 2.75) is 18.4 Å². The molecule has 1 unspecified atom stereocenters. The van der Waals surface area contributed by atoms with E-state index in [9.17, 15) is 9.59 Å². The zero-order chi connectivity index (χ0) is 18.1. The molecule has 3 fully saturated rings. The minimum Gasteiger partial charge on any atom is -0.376 e. The van der Waals surface area contributed by atoms with Gasteiger partial charge in [0.25, 0.3) is 5.91 Å². The highest BCUT2D eigenvalue weighted by Crippen LogP contribution is 2.27. The Kier molecular flexibility index (Phi) is 4.58. The molecule has 4 rings (SSSR count). The molecule has 142 valence electrons. The molecule has 3 amide bonds. The molecule has 0 aromatic carbocycles. The van der Waals surface area contributed by atoms with E-state index in [0.717, 1.165) is 31.6 Å². The maximum absolute atomic E-state index is 12.8. The van der Waals surface area contributed by atoms with E-state index in [-0.39, 0.29) is 18.5 Å². The highest BCUT2D eigenvalue weighted by Gasteiger charge is 2.45. The van der Waals surface area contributed by atoms with Gasteiger partial charge in [-0.05, 0) is 12.8 Å². The van der Waals surface area contributed by atoms with Crippen LogP contribution in [0.25, 0.3) is 0 Å². The molecule has 1 atom stereocenters. The van der Waals surface area contributed by atoms with Gasteiger partial charge in [0.2, 0.25) is 0 Å². The summed E-state index contributed by atoms with van der Waals surface area (Å²) in [5, 5.41) is 4.15. The van der Waals surface area contributed by atoms with Crippen LogP contribution in [0.1, 0.15) is 12.8 Å². The van der Waals surface area contributed by atoms with Gasteiger partial charge < -0.3 is 24.2 Å². The fourth-order valence-corrected chi connectivity index (χ4v) is 3.86. The lowest BCUT2D eigenvalue weighted by Crippen LogP contribution is -2.62. The molecule has 4 heterocycles. The standard InChI is InChI=1S/C17H25N5O4/c1-19-9-14(8-18-19)22-12-17(26-10-15(22)23)11-21(6-7-25-13-17)16(24)20-4-2-3-5-20/h8-9H,2-7,10-13H2,1H3. The molecule has 0 N–H and O–H groups in total. The smallest absolute Gasteiger partial charge is 0.320 e. The number of rotatable bonds is 1. The molecule has 0 radical (unpaired) electrons. The summed E-state index contributed by atoms with van der Waals surface area (Å²) in [6.45, 7) is 3.75. The largest absolute Gasteiger partial charge is 0.376 e. The molecule has 0 saturated carbocycles. The van der Waals surface area contributed by atoms with E-state index in [1.807, 2.05) is 23.0 Å². The molecule has 3 aliphatic rings. The summed E-state index contributed by atoms with van der Waals surface area (Å²) < 4.78 is 13.4. The molecular weight excluding hydrogens is 338 g/mol. The molecule has 9 nitrogen and oxygen atoms in total. The van der Waals surface area contributed by atoms with Gasteiger partial charge in [-0.1, -0.05) is 0 Å². The number of anilines is 1. The number of nitrogens with zero attached hydrogens (tertiary/aromatic N) is 5. The van der Waals surface area contributed by atoms with E-state index in [2.05, 4.69) is 5.10 Å². The van der Waals surface area contributed by atoms with Crippen LogP contribution >= 0.6 is 0 Å². The topological polar surface area (TPSA) is 80.1 Å². The molecule has 1 spiro atoms. The first-order valence-electron chi connectivity index (χ1n) is 9.11. The van der Waals surface area contributed by atoms with Gasteiger partial charge in [0, 0.05) is 32.9 Å². The van der Waals surface area contributed by atoms with Crippen LogP contribution in [0, 0.1) is 0 Å². The molecule has 3 saturated heterocycles. The fraction of sp³-hybridized carbons (Fsp3) is 0.706. The van der Waals surface area contributed by atoms with Gasteiger partial charge in [-0.3, -0.25) is 9.48 Å². The monoisotopic (exact) mass is 363 g/mol. The lowest BCUT2D eigenvalue weighted by molar-refractivity contribution is -0.145. The number of carbonyl (C=O) groups excluding carboxylic acids is 2. The zero-order valence-electron chi connectivity index (χ0n) is 15.1. The molecular formula is C17H25N5O4. The number of hydrogen-bond donors (Lipinski definition) is 0. The van der Waals surface area contributed by atoms with Crippen molar-refractivity contribution < 1.29 is 19.1 Å². The summed E-state index contributed by atoms with van der Waals surface area (Å²) >= 11 is 0. The lowest BCUT2D eigenvalue weighted by Gasteiger charge is -2.42. The maximum Gasteiger partial charge on any atom is 0.320 e. The third-order valence-electron chi connectivity index (χ3n) is 5.25. The summed E-state index contributed by atoms with van der Waals surface area (Å²) in [7, 11) is 1.81. The summed E-state index contributed by atoms with van der Waals surface area (Å²) in [5.74, 6) is -0.106. The number of ether oxygens (including phenoxy) is 2. The van der Waals surface area contributed by atoms with Crippen LogP contribution in [0.2, 0.25) is 0 Å². The van der Waals surface area contributed by atoms with Gasteiger partial charge in [-0.2, -0.15) is 5.10 Å². The van der Waals surface area contributed by atoms with Crippen LogP contribution < -0.4 is 4.90 Å². The summed E-state index contributed by atoms with van der Waals surface area (Å²) in [5.41, 5.74) is 0.0252. The molecule has 26 heavy (non-hydrogen) atoms. The Morgan fingerprint density at radius 1 is 1.19 bits per heavy atom. The van der Waals surface area contributed by atoms with Crippen molar-refractivity contribution in [3.63, 3.8) is 0 Å². The molecule has 1 aromatic rings. The van der Waals surface area contributed by atoms with E-state index < -0.39 is 5.60 Å². The van der Waals surface area contributed by atoms with Gasteiger partial charge in [0.1, 0.15) is 12.2 Å². The van der Waals surface area contributed by atoms with Gasteiger partial charge in [0.15, 0.2) is 0 Å². The molecule has 9 heteroatoms. The average Bonchev–Trinajstić information content (AvgIpc) is 3.27. The van der Waals surface area contributed by atoms with Crippen molar-refractivity contribution in [3.05, 3.63) is 12.4 Å². The normalized spacial score (nSPS) is 27.3. The minimum atomic E-state index is -0.713. The first kappa shape index (κ1) is 17.3. The van der Waals surface area contributed by atoms with Crippen LogP contribution in [0.3, 0.4) is 0 Å². The van der Waals surface area contributed by atoms with Crippen LogP contribution in [0.15, 0.2) is 12.4 Å². The van der Waals surface area contributed by atoms with Gasteiger partial charge >= 0.3 is 6.03 Å². The lowest BCUT2D eigenvalue weighted by atomic mass is 10.0. The average molecular weight is 363 g/mol. The number of carbonyl (C=O) groups is 2. The second-order valence-electron chi connectivity index (χ2n) is 7.27. The van der Waals surface area contributed by atoms with Crippen molar-refractivity contribution in [1.82, 2.24) is 19.6 Å². The Balaban J connectivity index is 1.53. The van der Waals surface area contributed by atoms with Gasteiger partial charge in [0.05, 0.1) is 38.2 Å². The number of likely N-dealkylation sites (tertiary alicyclic amines) is 1. The summed E-state index contributed by atoms with van der Waals surface area (Å²) in [6, 6.07) is 0.0424. The second kappa shape index (κ2) is 6.88. The van der Waals surface area contributed by atoms with Gasteiger partial charge in [-0.15, -0.1) is 0 Å². The van der Waals surface area contributed by atoms with Crippen LogP contribution in [0.5, 0.6) is 0 Å². The maximum atomic E-state index is 12.8. The zero-order valence-corrected chi connectivity index (χ0v) is 15.1. The number of amides is 3. The summed E-state index contributed by atoms with van der Waals surface area (Å²) in [6.07, 6.45) is 5.59. The van der Waals surface area contributed by atoms with E-state index in [1.54, 1.807) is 15.8 Å².